The minimum atomic E-state index is -0.336. The number of nitrogens with zero attached hydrogens (tertiary/aromatic N) is 1. The molecule has 0 saturated heterocycles. The van der Waals surface area contributed by atoms with Gasteiger partial charge < -0.3 is 10.1 Å². The fourth-order valence-corrected chi connectivity index (χ4v) is 1.27. The molecule has 1 aromatic rings. The van der Waals surface area contributed by atoms with Crippen molar-refractivity contribution in [1.29, 1.82) is 0 Å². The van der Waals surface area contributed by atoms with Gasteiger partial charge in [0.1, 0.15) is 5.69 Å². The number of nitrogens with one attached hydrogen (secondary N) is 1. The maximum absolute atomic E-state index is 11.5. The minimum Gasteiger partial charge on any atom is -0.380 e. The molecule has 0 aliphatic carbocycles. The Morgan fingerprint density at radius 3 is 2.93 bits per heavy atom. The molecule has 1 heterocycles. The van der Waals surface area contributed by atoms with Crippen LogP contribution >= 0.6 is 0 Å². The first-order valence-corrected chi connectivity index (χ1v) is 4.38. The molecule has 0 saturated carbocycles. The number of amides is 1. The van der Waals surface area contributed by atoms with Gasteiger partial charge in [0.05, 0.1) is 12.2 Å². The number of pyridine rings is 1. The topological polar surface area (TPSA) is 68.3 Å². The van der Waals surface area contributed by atoms with E-state index in [0.717, 1.165) is 0 Å². The van der Waals surface area contributed by atoms with E-state index in [1.807, 2.05) is 0 Å². The maximum atomic E-state index is 11.5. The van der Waals surface area contributed by atoms with Gasteiger partial charge in [-0.05, 0) is 11.6 Å². The van der Waals surface area contributed by atoms with Gasteiger partial charge in [-0.3, -0.25) is 14.6 Å². The molecule has 0 spiro atoms. The Labute approximate surface area is 87.5 Å². The van der Waals surface area contributed by atoms with Crippen molar-refractivity contribution in [3.8, 4) is 0 Å². The molecule has 15 heavy (non-hydrogen) atoms. The lowest BCUT2D eigenvalue weighted by atomic mass is 10.1. The Balaban J connectivity index is 3.26. The first-order valence-electron chi connectivity index (χ1n) is 4.38. The van der Waals surface area contributed by atoms with Crippen molar-refractivity contribution in [2.45, 2.75) is 6.61 Å². The number of carbonyl (C=O) groups excluding carboxylic acids is 2. The summed E-state index contributed by atoms with van der Waals surface area (Å²) in [6, 6.07) is 1.65. The molecular weight excluding hydrogens is 196 g/mol. The molecule has 1 rings (SSSR count). The predicted octanol–water partition coefficient (Wildman–Crippen LogP) is 0.400. The van der Waals surface area contributed by atoms with E-state index in [2.05, 4.69) is 10.3 Å². The van der Waals surface area contributed by atoms with Crippen molar-refractivity contribution in [1.82, 2.24) is 10.3 Å². The molecule has 5 nitrogen and oxygen atoms in total. The molecule has 80 valence electrons. The zero-order valence-electron chi connectivity index (χ0n) is 8.61. The molecule has 1 aromatic heterocycles. The molecule has 0 aromatic carbocycles. The highest BCUT2D eigenvalue weighted by atomic mass is 16.5. The van der Waals surface area contributed by atoms with Crippen LogP contribution in [-0.4, -0.2) is 31.3 Å². The Kier molecular flexibility index (Phi) is 3.93. The fourth-order valence-electron chi connectivity index (χ4n) is 1.27. The highest BCUT2D eigenvalue weighted by Crippen LogP contribution is 2.12. The second-order valence-corrected chi connectivity index (χ2v) is 2.86. The van der Waals surface area contributed by atoms with E-state index in [0.29, 0.717) is 11.8 Å². The van der Waals surface area contributed by atoms with E-state index in [4.69, 9.17) is 4.74 Å². The highest BCUT2D eigenvalue weighted by Gasteiger charge is 2.15. The number of methoxy groups -OCH3 is 1. The van der Waals surface area contributed by atoms with Gasteiger partial charge in [-0.1, -0.05) is 0 Å². The van der Waals surface area contributed by atoms with Crippen molar-refractivity contribution >= 4 is 12.2 Å². The average Bonchev–Trinajstić information content (AvgIpc) is 2.28. The zero-order valence-corrected chi connectivity index (χ0v) is 8.61. The van der Waals surface area contributed by atoms with E-state index in [1.54, 1.807) is 6.07 Å². The average molecular weight is 208 g/mol. The van der Waals surface area contributed by atoms with Crippen LogP contribution in [-0.2, 0) is 11.3 Å². The smallest absolute Gasteiger partial charge is 0.253 e. The van der Waals surface area contributed by atoms with Crippen molar-refractivity contribution in [2.24, 2.45) is 0 Å². The van der Waals surface area contributed by atoms with Crippen LogP contribution in [0.1, 0.15) is 26.4 Å². The molecule has 1 amide bonds. The molecule has 0 fully saturated rings. The van der Waals surface area contributed by atoms with Crippen LogP contribution in [0.3, 0.4) is 0 Å². The monoisotopic (exact) mass is 208 g/mol. The Bertz CT molecular complexity index is 377. The van der Waals surface area contributed by atoms with Crippen LogP contribution in [0.5, 0.6) is 0 Å². The van der Waals surface area contributed by atoms with Gasteiger partial charge in [0, 0.05) is 20.4 Å². The summed E-state index contributed by atoms with van der Waals surface area (Å²) in [5.41, 5.74) is 1.05. The molecule has 0 bridgehead atoms. The summed E-state index contributed by atoms with van der Waals surface area (Å²) in [6.07, 6.45) is 2.04. The van der Waals surface area contributed by atoms with Gasteiger partial charge in [0.25, 0.3) is 5.91 Å². The lowest BCUT2D eigenvalue weighted by molar-refractivity contribution is 0.0951. The van der Waals surface area contributed by atoms with E-state index in [9.17, 15) is 9.59 Å². The molecule has 1 N–H and O–H groups in total. The number of aldehydes is 1. The molecule has 0 atom stereocenters. The van der Waals surface area contributed by atoms with Crippen molar-refractivity contribution in [2.75, 3.05) is 14.2 Å². The number of ether oxygens (including phenoxy) is 1. The Morgan fingerprint density at radius 1 is 1.67 bits per heavy atom. The fraction of sp³-hybridized carbons (Fsp3) is 0.300. The van der Waals surface area contributed by atoms with Gasteiger partial charge in [-0.2, -0.15) is 0 Å². The van der Waals surface area contributed by atoms with E-state index in [1.165, 1.54) is 20.4 Å². The van der Waals surface area contributed by atoms with Crippen LogP contribution in [0.4, 0.5) is 0 Å². The Morgan fingerprint density at radius 2 is 2.40 bits per heavy atom. The quantitative estimate of drug-likeness (QED) is 0.727. The highest BCUT2D eigenvalue weighted by molar-refractivity contribution is 6.01. The second-order valence-electron chi connectivity index (χ2n) is 2.86. The third kappa shape index (κ3) is 2.38. The first kappa shape index (κ1) is 11.3. The van der Waals surface area contributed by atoms with Gasteiger partial charge in [0.2, 0.25) is 0 Å². The first-order chi connectivity index (χ1) is 7.24. The summed E-state index contributed by atoms with van der Waals surface area (Å²) in [5, 5.41) is 2.46. The number of hydrogen-bond acceptors (Lipinski definition) is 4. The maximum Gasteiger partial charge on any atom is 0.253 e. The summed E-state index contributed by atoms with van der Waals surface area (Å²) in [7, 11) is 3.02. The summed E-state index contributed by atoms with van der Waals surface area (Å²) in [5.74, 6) is -0.336. The van der Waals surface area contributed by atoms with Crippen LogP contribution in [0.25, 0.3) is 0 Å². The van der Waals surface area contributed by atoms with Crippen molar-refractivity contribution < 1.29 is 14.3 Å². The van der Waals surface area contributed by atoms with Crippen LogP contribution in [0.15, 0.2) is 12.3 Å². The van der Waals surface area contributed by atoms with Crippen LogP contribution < -0.4 is 5.32 Å². The molecule has 0 aliphatic heterocycles. The standard InChI is InChI=1S/C10H12N2O3/c1-11-10(14)9-7(6-15-2)3-4-12-8(9)5-13/h3-5H,6H2,1-2H3,(H,11,14). The van der Waals surface area contributed by atoms with Crippen LogP contribution in [0, 0.1) is 0 Å². The third-order valence-corrected chi connectivity index (χ3v) is 1.93. The normalized spacial score (nSPS) is 9.73. The van der Waals surface area contributed by atoms with Crippen molar-refractivity contribution in [3.05, 3.63) is 29.1 Å². The molecule has 0 aliphatic rings. The largest absolute Gasteiger partial charge is 0.380 e. The van der Waals surface area contributed by atoms with Gasteiger partial charge in [0.15, 0.2) is 6.29 Å². The van der Waals surface area contributed by atoms with Crippen LogP contribution in [0.2, 0.25) is 0 Å². The molecular formula is C10H12N2O3. The molecule has 5 heteroatoms. The van der Waals surface area contributed by atoms with Gasteiger partial charge in [-0.15, -0.1) is 0 Å². The van der Waals surface area contributed by atoms with Gasteiger partial charge in [-0.25, -0.2) is 0 Å². The summed E-state index contributed by atoms with van der Waals surface area (Å²) >= 11 is 0. The summed E-state index contributed by atoms with van der Waals surface area (Å²) in [6.45, 7) is 0.270. The third-order valence-electron chi connectivity index (χ3n) is 1.93. The van der Waals surface area contributed by atoms with Gasteiger partial charge >= 0.3 is 0 Å². The number of aromatic nitrogens is 1. The Hall–Kier alpha value is -1.75. The van der Waals surface area contributed by atoms with E-state index >= 15 is 0 Å². The lowest BCUT2D eigenvalue weighted by Crippen LogP contribution is -2.22. The number of hydrogen-bond donors (Lipinski definition) is 1. The summed E-state index contributed by atoms with van der Waals surface area (Å²) in [4.78, 5) is 26.1. The predicted molar refractivity (Wildman–Crippen MR) is 53.7 cm³/mol. The molecule has 0 radical (unpaired) electrons. The molecule has 0 unspecified atom stereocenters. The minimum absolute atomic E-state index is 0.129. The lowest BCUT2D eigenvalue weighted by Gasteiger charge is -2.08. The number of carbonyl (C=O) groups is 2. The number of rotatable bonds is 4. The van der Waals surface area contributed by atoms with Crippen molar-refractivity contribution in [3.63, 3.8) is 0 Å². The zero-order chi connectivity index (χ0) is 11.3. The van der Waals surface area contributed by atoms with E-state index in [-0.39, 0.29) is 23.8 Å². The second kappa shape index (κ2) is 5.21. The SMILES string of the molecule is CNC(=O)c1c(COC)ccnc1C=O. The summed E-state index contributed by atoms with van der Waals surface area (Å²) < 4.78 is 4.94. The van der Waals surface area contributed by atoms with E-state index < -0.39 is 0 Å².